The number of carbonyl (C=O) groups excluding carboxylic acids is 2. The number of aromatic amines is 2. The van der Waals surface area contributed by atoms with Gasteiger partial charge in [-0.1, -0.05) is 65.1 Å². The van der Waals surface area contributed by atoms with Crippen LogP contribution in [0.15, 0.2) is 78.0 Å². The molecule has 0 aliphatic carbocycles. The number of rotatable bonds is 9. The number of H-pyrrole nitrogens is 2. The number of para-hydroxylation sites is 2. The summed E-state index contributed by atoms with van der Waals surface area (Å²) in [5, 5.41) is 13.0. The van der Waals surface area contributed by atoms with E-state index in [9.17, 15) is 28.1 Å². The monoisotopic (exact) mass is 782 g/mol. The number of nitro groups is 1. The predicted octanol–water partition coefficient (Wildman–Crippen LogP) is 9.19. The van der Waals surface area contributed by atoms with Gasteiger partial charge in [-0.25, -0.2) is 13.2 Å². The van der Waals surface area contributed by atoms with Crippen LogP contribution < -0.4 is 0 Å². The molecule has 0 saturated carbocycles. The molecule has 0 spiro atoms. The highest BCUT2D eigenvalue weighted by molar-refractivity contribution is 7.89. The minimum atomic E-state index is -4.18. The van der Waals surface area contributed by atoms with E-state index in [-0.39, 0.29) is 39.7 Å². The first-order chi connectivity index (χ1) is 24.6. The molecule has 270 valence electrons. The second kappa shape index (κ2) is 14.5. The Morgan fingerprint density at radius 3 is 2.31 bits per heavy atom. The number of nitrogens with zero attached hydrogens (tertiary/aromatic N) is 2. The number of piperidine rings is 1. The van der Waals surface area contributed by atoms with Crippen LogP contribution in [-0.4, -0.2) is 58.1 Å². The fraction of sp³-hybridized carbons (Fsp3) is 0.243. The second-order valence-corrected chi connectivity index (χ2v) is 16.5. The van der Waals surface area contributed by atoms with Crippen molar-refractivity contribution in [3.8, 4) is 11.1 Å². The number of sulfonamides is 1. The first-order valence-corrected chi connectivity index (χ1v) is 18.8. The van der Waals surface area contributed by atoms with E-state index in [1.54, 1.807) is 57.4 Å². The van der Waals surface area contributed by atoms with Gasteiger partial charge in [0.15, 0.2) is 10.7 Å². The first-order valence-electron chi connectivity index (χ1n) is 16.2. The average molecular weight is 784 g/mol. The van der Waals surface area contributed by atoms with Crippen LogP contribution in [0.25, 0.3) is 28.1 Å². The SMILES string of the molecule is CC(C)(C)OC(=O)/C=C/c1cccc2c(C(=O)c3c(-c4c(Cl)cc(Cl)cc4Cl)c[nH]c3C3CCN(S(=O)(=O)c4ccccc4[N+](=O)[O-])CC3)c[nH]c12. The average Bonchev–Trinajstić information content (AvgIpc) is 3.71. The van der Waals surface area contributed by atoms with Crippen molar-refractivity contribution in [1.82, 2.24) is 14.3 Å². The molecule has 52 heavy (non-hydrogen) atoms. The van der Waals surface area contributed by atoms with Crippen LogP contribution in [0.4, 0.5) is 5.69 Å². The summed E-state index contributed by atoms with van der Waals surface area (Å²) in [5.41, 5.74) is 2.20. The van der Waals surface area contributed by atoms with Crippen LogP contribution in [-0.2, 0) is 19.6 Å². The Bertz CT molecular complexity index is 2350. The molecule has 0 unspecified atom stereocenters. The molecule has 0 radical (unpaired) electrons. The Morgan fingerprint density at radius 2 is 1.65 bits per heavy atom. The van der Waals surface area contributed by atoms with Gasteiger partial charge < -0.3 is 14.7 Å². The van der Waals surface area contributed by atoms with E-state index in [0.717, 1.165) is 6.07 Å². The number of aromatic nitrogens is 2. The minimum Gasteiger partial charge on any atom is -0.457 e. The van der Waals surface area contributed by atoms with Crippen molar-refractivity contribution in [2.24, 2.45) is 0 Å². The normalized spacial score (nSPS) is 14.7. The molecule has 11 nitrogen and oxygen atoms in total. The van der Waals surface area contributed by atoms with Gasteiger partial charge in [0.2, 0.25) is 10.0 Å². The van der Waals surface area contributed by atoms with Crippen molar-refractivity contribution in [3.63, 3.8) is 0 Å². The number of hydrogen-bond acceptors (Lipinski definition) is 7. The molecule has 3 heterocycles. The maximum absolute atomic E-state index is 14.8. The zero-order valence-electron chi connectivity index (χ0n) is 28.2. The predicted molar refractivity (Wildman–Crippen MR) is 202 cm³/mol. The summed E-state index contributed by atoms with van der Waals surface area (Å²) in [6, 6.07) is 13.7. The number of nitro benzene ring substituents is 1. The molecule has 1 aliphatic heterocycles. The molecular formula is C37H33Cl3N4O7S. The lowest BCUT2D eigenvalue weighted by atomic mass is 9.87. The Balaban J connectivity index is 1.38. The summed E-state index contributed by atoms with van der Waals surface area (Å²) >= 11 is 19.6. The summed E-state index contributed by atoms with van der Waals surface area (Å²) in [4.78, 5) is 44.1. The van der Waals surface area contributed by atoms with E-state index in [1.807, 2.05) is 0 Å². The highest BCUT2D eigenvalue weighted by Gasteiger charge is 2.37. The maximum atomic E-state index is 14.8. The summed E-state index contributed by atoms with van der Waals surface area (Å²) in [7, 11) is -4.18. The maximum Gasteiger partial charge on any atom is 0.331 e. The van der Waals surface area contributed by atoms with Crippen molar-refractivity contribution in [2.75, 3.05) is 13.1 Å². The van der Waals surface area contributed by atoms with Gasteiger partial charge in [-0.2, -0.15) is 4.31 Å². The van der Waals surface area contributed by atoms with Crippen molar-refractivity contribution >= 4 is 79.2 Å². The van der Waals surface area contributed by atoms with Gasteiger partial charge in [0.1, 0.15) is 5.60 Å². The number of carbonyl (C=O) groups is 2. The third-order valence-corrected chi connectivity index (χ3v) is 11.5. The minimum absolute atomic E-state index is 0.0594. The van der Waals surface area contributed by atoms with Crippen LogP contribution in [0, 0.1) is 10.1 Å². The van der Waals surface area contributed by atoms with Crippen molar-refractivity contribution in [2.45, 2.75) is 50.0 Å². The molecule has 0 atom stereocenters. The highest BCUT2D eigenvalue weighted by atomic mass is 35.5. The van der Waals surface area contributed by atoms with E-state index < -0.39 is 32.2 Å². The lowest BCUT2D eigenvalue weighted by Crippen LogP contribution is -2.38. The second-order valence-electron chi connectivity index (χ2n) is 13.3. The molecular weight excluding hydrogens is 751 g/mol. The van der Waals surface area contributed by atoms with Crippen LogP contribution in [0.3, 0.4) is 0 Å². The molecule has 0 amide bonds. The number of ketones is 1. The van der Waals surface area contributed by atoms with Gasteiger partial charge in [-0.15, -0.1) is 0 Å². The van der Waals surface area contributed by atoms with Crippen LogP contribution in [0.2, 0.25) is 15.1 Å². The van der Waals surface area contributed by atoms with Crippen LogP contribution >= 0.6 is 34.8 Å². The molecule has 6 rings (SSSR count). The number of ether oxygens (including phenoxy) is 1. The van der Waals surface area contributed by atoms with Gasteiger partial charge in [0.25, 0.3) is 5.69 Å². The first kappa shape index (κ1) is 37.3. The topological polar surface area (TPSA) is 155 Å². The third kappa shape index (κ3) is 7.39. The number of esters is 1. The molecule has 0 bridgehead atoms. The number of benzene rings is 3. The molecule has 15 heteroatoms. The lowest BCUT2D eigenvalue weighted by Gasteiger charge is -2.31. The standard InChI is InChI=1S/C37H33Cl3N4O7S/c1-37(2,3)51-31(45)12-11-21-7-6-8-24-25(19-41-34(21)24)36(46)33-26(32-27(39)17-23(38)18-28(32)40)20-42-35(33)22-13-15-43(16-14-22)52(49,50)30-10-5-4-9-29(30)44(47)48/h4-12,17-20,22,41-42H,13-16H2,1-3H3/b12-11+. The van der Waals surface area contributed by atoms with Crippen LogP contribution in [0.1, 0.15) is 66.7 Å². The van der Waals surface area contributed by atoms with Gasteiger partial charge in [0, 0.05) is 76.3 Å². The van der Waals surface area contributed by atoms with E-state index in [2.05, 4.69) is 9.97 Å². The van der Waals surface area contributed by atoms with Gasteiger partial charge >= 0.3 is 5.97 Å². The molecule has 1 fully saturated rings. The quantitative estimate of drug-likeness (QED) is 0.0497. The molecule has 3 aromatic carbocycles. The Morgan fingerprint density at radius 1 is 0.981 bits per heavy atom. The van der Waals surface area contributed by atoms with Gasteiger partial charge in [-0.05, 0) is 63.5 Å². The summed E-state index contributed by atoms with van der Waals surface area (Å²) in [5.74, 6) is -1.15. The smallest absolute Gasteiger partial charge is 0.331 e. The summed E-state index contributed by atoms with van der Waals surface area (Å²) in [6.45, 7) is 5.45. The largest absolute Gasteiger partial charge is 0.457 e. The fourth-order valence-corrected chi connectivity index (χ4v) is 9.13. The molecule has 2 aromatic heterocycles. The molecule has 5 aromatic rings. The van der Waals surface area contributed by atoms with Crippen molar-refractivity contribution in [1.29, 1.82) is 0 Å². The fourth-order valence-electron chi connectivity index (χ4n) is 6.49. The van der Waals surface area contributed by atoms with Gasteiger partial charge in [-0.3, -0.25) is 14.9 Å². The number of nitrogens with one attached hydrogen (secondary N) is 2. The summed E-state index contributed by atoms with van der Waals surface area (Å²) < 4.78 is 33.7. The molecule has 2 N–H and O–H groups in total. The van der Waals surface area contributed by atoms with E-state index >= 15 is 0 Å². The number of halogens is 3. The zero-order chi connectivity index (χ0) is 37.5. The number of hydrogen-bond donors (Lipinski definition) is 2. The zero-order valence-corrected chi connectivity index (χ0v) is 31.3. The van der Waals surface area contributed by atoms with E-state index in [1.165, 1.54) is 40.7 Å². The van der Waals surface area contributed by atoms with E-state index in [0.29, 0.717) is 62.3 Å². The highest BCUT2D eigenvalue weighted by Crippen LogP contribution is 2.44. The third-order valence-electron chi connectivity index (χ3n) is 8.75. The molecule has 1 saturated heterocycles. The van der Waals surface area contributed by atoms with Crippen molar-refractivity contribution in [3.05, 3.63) is 121 Å². The summed E-state index contributed by atoms with van der Waals surface area (Å²) in [6.07, 6.45) is 6.84. The molecule has 1 aliphatic rings. The van der Waals surface area contributed by atoms with Crippen molar-refractivity contribution < 1.29 is 27.7 Å². The van der Waals surface area contributed by atoms with E-state index in [4.69, 9.17) is 39.5 Å². The Kier molecular flexibility index (Phi) is 10.4. The van der Waals surface area contributed by atoms with Crippen LogP contribution in [0.5, 0.6) is 0 Å². The Hall–Kier alpha value is -4.46. The van der Waals surface area contributed by atoms with Gasteiger partial charge in [0.05, 0.1) is 26.0 Å². The Labute approximate surface area is 314 Å². The number of fused-ring (bicyclic) bond motifs is 1. The lowest BCUT2D eigenvalue weighted by molar-refractivity contribution is -0.387.